The molecule has 0 bridgehead atoms. The third-order valence-corrected chi connectivity index (χ3v) is 3.94. The van der Waals surface area contributed by atoms with Crippen LogP contribution in [0.25, 0.3) is 11.0 Å². The van der Waals surface area contributed by atoms with Gasteiger partial charge in [-0.25, -0.2) is 10.1 Å². The molecule has 0 saturated carbocycles. The number of aromatic amines is 1. The van der Waals surface area contributed by atoms with E-state index in [1.807, 2.05) is 25.2 Å². The van der Waals surface area contributed by atoms with Crippen LogP contribution in [0.15, 0.2) is 35.3 Å². The quantitative estimate of drug-likeness (QED) is 0.708. The number of H-pyrrole nitrogens is 1. The van der Waals surface area contributed by atoms with E-state index in [4.69, 9.17) is 11.6 Å². The zero-order valence-corrected chi connectivity index (χ0v) is 12.9. The predicted octanol–water partition coefficient (Wildman–Crippen LogP) is 2.35. The highest BCUT2D eigenvalue weighted by molar-refractivity contribution is 6.32. The number of fused-ring (bicyclic) bond motifs is 1. The van der Waals surface area contributed by atoms with Crippen LogP contribution in [-0.2, 0) is 13.5 Å². The van der Waals surface area contributed by atoms with Crippen LogP contribution < -0.4 is 10.9 Å². The van der Waals surface area contributed by atoms with Gasteiger partial charge in [0.25, 0.3) is 5.56 Å². The number of nitrogens with one attached hydrogen (secondary N) is 2. The molecule has 0 aliphatic heterocycles. The first-order chi connectivity index (χ1) is 10.7. The van der Waals surface area contributed by atoms with Crippen molar-refractivity contribution < 1.29 is 0 Å². The van der Waals surface area contributed by atoms with Crippen LogP contribution in [0.4, 0.5) is 5.69 Å². The minimum atomic E-state index is -0.387. The molecular weight excluding hydrogens is 302 g/mol. The van der Waals surface area contributed by atoms with Crippen LogP contribution in [0.5, 0.6) is 0 Å². The number of nitrogens with zero attached hydrogens (tertiary/aromatic N) is 3. The summed E-state index contributed by atoms with van der Waals surface area (Å²) in [6.07, 6.45) is 3.23. The highest BCUT2D eigenvalue weighted by Gasteiger charge is 2.07. The molecule has 3 aromatic rings. The molecule has 0 fully saturated rings. The van der Waals surface area contributed by atoms with Crippen LogP contribution >= 0.6 is 11.6 Å². The highest BCUT2D eigenvalue weighted by atomic mass is 35.5. The molecule has 0 unspecified atom stereocenters. The second-order valence-corrected chi connectivity index (χ2v) is 5.41. The van der Waals surface area contributed by atoms with Crippen molar-refractivity contribution >= 4 is 28.3 Å². The Hall–Kier alpha value is -2.34. The predicted molar refractivity (Wildman–Crippen MR) is 87.4 cm³/mol. The third kappa shape index (κ3) is 2.82. The number of anilines is 1. The first-order valence-corrected chi connectivity index (χ1v) is 7.42. The average molecular weight is 318 g/mol. The topological polar surface area (TPSA) is 75.6 Å². The van der Waals surface area contributed by atoms with E-state index in [0.717, 1.165) is 29.7 Å². The standard InChI is InChI=1S/C15H16ClN5O/c1-21-12-6-3-2-5-10(12)19-13(21)7-4-8-17-11-9-18-20-15(22)14(11)16/h2-3,5-6,9H,4,7-8H2,1H3,(H2,17,20,22). The molecule has 0 spiro atoms. The van der Waals surface area contributed by atoms with Crippen molar-refractivity contribution in [1.29, 1.82) is 0 Å². The summed E-state index contributed by atoms with van der Waals surface area (Å²) < 4.78 is 2.11. The maximum atomic E-state index is 11.3. The summed E-state index contributed by atoms with van der Waals surface area (Å²) in [6.45, 7) is 0.689. The summed E-state index contributed by atoms with van der Waals surface area (Å²) >= 11 is 5.91. The maximum Gasteiger partial charge on any atom is 0.285 e. The normalized spacial score (nSPS) is 11.0. The van der Waals surface area contributed by atoms with E-state index in [-0.39, 0.29) is 10.6 Å². The summed E-state index contributed by atoms with van der Waals surface area (Å²) in [4.78, 5) is 16.0. The highest BCUT2D eigenvalue weighted by Crippen LogP contribution is 2.16. The van der Waals surface area contributed by atoms with Gasteiger partial charge in [0.05, 0.1) is 22.9 Å². The smallest absolute Gasteiger partial charge is 0.285 e. The van der Waals surface area contributed by atoms with Crippen LogP contribution in [0.3, 0.4) is 0 Å². The van der Waals surface area contributed by atoms with Crippen LogP contribution in [0.2, 0.25) is 5.02 Å². The van der Waals surface area contributed by atoms with Gasteiger partial charge >= 0.3 is 0 Å². The zero-order valence-electron chi connectivity index (χ0n) is 12.1. The second-order valence-electron chi connectivity index (χ2n) is 5.03. The number of halogens is 1. The molecule has 2 heterocycles. The molecule has 0 atom stereocenters. The molecule has 0 saturated heterocycles. The van der Waals surface area contributed by atoms with Gasteiger partial charge in [-0.15, -0.1) is 0 Å². The lowest BCUT2D eigenvalue weighted by Crippen LogP contribution is -2.13. The third-order valence-electron chi connectivity index (χ3n) is 3.57. The van der Waals surface area contributed by atoms with Gasteiger partial charge in [0.2, 0.25) is 0 Å². The van der Waals surface area contributed by atoms with E-state index in [0.29, 0.717) is 12.2 Å². The fourth-order valence-corrected chi connectivity index (χ4v) is 2.55. The number of rotatable bonds is 5. The van der Waals surface area contributed by atoms with Crippen molar-refractivity contribution in [2.75, 3.05) is 11.9 Å². The Morgan fingerprint density at radius 2 is 2.18 bits per heavy atom. The molecule has 7 heteroatoms. The minimum Gasteiger partial charge on any atom is -0.382 e. The van der Waals surface area contributed by atoms with Crippen molar-refractivity contribution in [3.63, 3.8) is 0 Å². The van der Waals surface area contributed by atoms with Gasteiger partial charge in [-0.05, 0) is 18.6 Å². The number of aromatic nitrogens is 4. The molecule has 0 amide bonds. The molecule has 1 aromatic carbocycles. The van der Waals surface area contributed by atoms with E-state index in [1.54, 1.807) is 0 Å². The van der Waals surface area contributed by atoms with Gasteiger partial charge in [0.1, 0.15) is 10.8 Å². The number of hydrogen-bond donors (Lipinski definition) is 2. The van der Waals surface area contributed by atoms with E-state index in [1.165, 1.54) is 6.20 Å². The molecule has 6 nitrogen and oxygen atoms in total. The lowest BCUT2D eigenvalue weighted by Gasteiger charge is -2.07. The summed E-state index contributed by atoms with van der Waals surface area (Å²) in [5.41, 5.74) is 2.31. The van der Waals surface area contributed by atoms with Crippen molar-refractivity contribution in [2.45, 2.75) is 12.8 Å². The summed E-state index contributed by atoms with van der Waals surface area (Å²) in [7, 11) is 2.02. The molecule has 2 N–H and O–H groups in total. The van der Waals surface area contributed by atoms with Crippen molar-refractivity contribution in [3.8, 4) is 0 Å². The number of aryl methyl sites for hydroxylation is 2. The molecular formula is C15H16ClN5O. The fourth-order valence-electron chi connectivity index (χ4n) is 2.40. The van der Waals surface area contributed by atoms with Gasteiger partial charge in [-0.3, -0.25) is 4.79 Å². The Labute approximate surface area is 132 Å². The molecule has 0 radical (unpaired) electrons. The Kier molecular flexibility index (Phi) is 4.11. The summed E-state index contributed by atoms with van der Waals surface area (Å²) in [5.74, 6) is 1.04. The van der Waals surface area contributed by atoms with Crippen LogP contribution in [-0.4, -0.2) is 26.3 Å². The van der Waals surface area contributed by atoms with E-state index in [9.17, 15) is 4.79 Å². The SMILES string of the molecule is Cn1c(CCCNc2cn[nH]c(=O)c2Cl)nc2ccccc21. The summed E-state index contributed by atoms with van der Waals surface area (Å²) in [5, 5.41) is 9.27. The Morgan fingerprint density at radius 3 is 3.00 bits per heavy atom. The Balaban J connectivity index is 1.62. The van der Waals surface area contributed by atoms with Crippen LogP contribution in [0.1, 0.15) is 12.2 Å². The second kappa shape index (κ2) is 6.19. The number of hydrogen-bond acceptors (Lipinski definition) is 4. The van der Waals surface area contributed by atoms with E-state index >= 15 is 0 Å². The lowest BCUT2D eigenvalue weighted by molar-refractivity contribution is 0.753. The first kappa shape index (κ1) is 14.6. The summed E-state index contributed by atoms with van der Waals surface area (Å²) in [6, 6.07) is 8.07. The van der Waals surface area contributed by atoms with Gasteiger partial charge in [0.15, 0.2) is 0 Å². The van der Waals surface area contributed by atoms with Crippen molar-refractivity contribution in [3.05, 3.63) is 51.7 Å². The fraction of sp³-hybridized carbons (Fsp3) is 0.267. The minimum absolute atomic E-state index is 0.137. The average Bonchev–Trinajstić information content (AvgIpc) is 2.85. The number of imidazole rings is 1. The monoisotopic (exact) mass is 317 g/mol. The maximum absolute atomic E-state index is 11.3. The van der Waals surface area contributed by atoms with Gasteiger partial charge in [0, 0.05) is 20.0 Å². The molecule has 114 valence electrons. The molecule has 0 aliphatic carbocycles. The molecule has 3 rings (SSSR count). The Bertz CT molecular complexity index is 855. The lowest BCUT2D eigenvalue weighted by atomic mass is 10.3. The van der Waals surface area contributed by atoms with E-state index in [2.05, 4.69) is 31.1 Å². The van der Waals surface area contributed by atoms with Gasteiger partial charge < -0.3 is 9.88 Å². The molecule has 0 aliphatic rings. The van der Waals surface area contributed by atoms with Gasteiger partial charge in [-0.1, -0.05) is 23.7 Å². The molecule has 2 aromatic heterocycles. The largest absolute Gasteiger partial charge is 0.382 e. The van der Waals surface area contributed by atoms with Crippen LogP contribution in [0, 0.1) is 0 Å². The van der Waals surface area contributed by atoms with Crippen molar-refractivity contribution in [2.24, 2.45) is 7.05 Å². The number of para-hydroxylation sites is 2. The van der Waals surface area contributed by atoms with Gasteiger partial charge in [-0.2, -0.15) is 5.10 Å². The first-order valence-electron chi connectivity index (χ1n) is 7.04. The number of benzene rings is 1. The van der Waals surface area contributed by atoms with Crippen molar-refractivity contribution in [1.82, 2.24) is 19.7 Å². The Morgan fingerprint density at radius 1 is 1.36 bits per heavy atom. The zero-order chi connectivity index (χ0) is 15.5. The molecule has 22 heavy (non-hydrogen) atoms. The van der Waals surface area contributed by atoms with E-state index < -0.39 is 0 Å².